The first-order chi connectivity index (χ1) is 15.4. The van der Waals surface area contributed by atoms with E-state index in [2.05, 4.69) is 94.8 Å². The van der Waals surface area contributed by atoms with Gasteiger partial charge in [-0.2, -0.15) is 0 Å². The van der Waals surface area contributed by atoms with Crippen molar-refractivity contribution in [1.29, 1.82) is 0 Å². The number of carbonyl (C=O) groups is 1. The summed E-state index contributed by atoms with van der Waals surface area (Å²) in [4.78, 5) is 20.2. The Morgan fingerprint density at radius 2 is 1.69 bits per heavy atom. The summed E-state index contributed by atoms with van der Waals surface area (Å²) in [5.41, 5.74) is 4.37. The van der Waals surface area contributed by atoms with Crippen LogP contribution in [0.5, 0.6) is 0 Å². The molecule has 1 atom stereocenters. The number of methoxy groups -OCH3 is 1. The minimum Gasteiger partial charge on any atom is -0.374 e. The lowest BCUT2D eigenvalue weighted by Gasteiger charge is -2.36. The molecule has 2 aromatic rings. The van der Waals surface area contributed by atoms with Crippen LogP contribution in [0.2, 0.25) is 0 Å². The first-order valence-corrected chi connectivity index (χ1v) is 13.0. The van der Waals surface area contributed by atoms with E-state index in [4.69, 9.17) is 4.74 Å². The number of benzene rings is 2. The Kier molecular flexibility index (Phi) is 7.42. The lowest BCUT2D eigenvalue weighted by molar-refractivity contribution is -0.120. The number of nitrogens with zero attached hydrogens (tertiary/aromatic N) is 3. The fourth-order valence-corrected chi connectivity index (χ4v) is 5.39. The van der Waals surface area contributed by atoms with Gasteiger partial charge in [-0.15, -0.1) is 0 Å². The molecule has 1 unspecified atom stereocenters. The molecule has 4 rings (SSSR count). The number of hydrogen-bond donors (Lipinski definition) is 0. The maximum atomic E-state index is 13.3. The molecule has 0 aromatic heterocycles. The monoisotopic (exact) mass is 547 g/mol. The van der Waals surface area contributed by atoms with Gasteiger partial charge in [-0.3, -0.25) is 9.69 Å². The number of anilines is 2. The van der Waals surface area contributed by atoms with Crippen LogP contribution < -0.4 is 9.80 Å². The minimum atomic E-state index is -0.331. The van der Waals surface area contributed by atoms with Crippen molar-refractivity contribution in [1.82, 2.24) is 4.90 Å². The van der Waals surface area contributed by atoms with Gasteiger partial charge in [0.25, 0.3) is 0 Å². The van der Waals surface area contributed by atoms with E-state index in [0.29, 0.717) is 0 Å². The fourth-order valence-electron chi connectivity index (χ4n) is 4.71. The Labute approximate surface area is 205 Å². The van der Waals surface area contributed by atoms with Crippen molar-refractivity contribution in [2.75, 3.05) is 54.2 Å². The van der Waals surface area contributed by atoms with E-state index in [-0.39, 0.29) is 17.4 Å². The van der Waals surface area contributed by atoms with E-state index < -0.39 is 0 Å². The van der Waals surface area contributed by atoms with Crippen molar-refractivity contribution in [2.45, 2.75) is 32.3 Å². The molecule has 0 saturated carbocycles. The van der Waals surface area contributed by atoms with E-state index >= 15 is 0 Å². The van der Waals surface area contributed by atoms with Gasteiger partial charge >= 0.3 is 0 Å². The van der Waals surface area contributed by atoms with Gasteiger partial charge in [0.2, 0.25) is 5.91 Å². The molecule has 2 aromatic carbocycles. The zero-order chi connectivity index (χ0) is 22.7. The number of rotatable bonds is 7. The third-order valence-electron chi connectivity index (χ3n) is 7.04. The highest BCUT2D eigenvalue weighted by atomic mass is 127. The Morgan fingerprint density at radius 1 is 1.00 bits per heavy atom. The number of halogens is 1. The smallest absolute Gasteiger partial charge is 0.230 e. The first kappa shape index (κ1) is 23.5. The van der Waals surface area contributed by atoms with E-state index in [1.54, 1.807) is 7.11 Å². The molecule has 2 aliphatic rings. The Balaban J connectivity index is 1.44. The third-order valence-corrected chi connectivity index (χ3v) is 8.01. The van der Waals surface area contributed by atoms with Crippen LogP contribution in [0.15, 0.2) is 48.5 Å². The summed E-state index contributed by atoms with van der Waals surface area (Å²) in [6.07, 6.45) is 1.72. The summed E-state index contributed by atoms with van der Waals surface area (Å²) >= 11 is 2.44. The van der Waals surface area contributed by atoms with Gasteiger partial charge in [0, 0.05) is 57.1 Å². The molecule has 2 fully saturated rings. The normalized spacial score (nSPS) is 20.2. The van der Waals surface area contributed by atoms with Gasteiger partial charge < -0.3 is 14.5 Å². The molecule has 172 valence electrons. The highest BCUT2D eigenvalue weighted by Crippen LogP contribution is 2.32. The predicted molar refractivity (Wildman–Crippen MR) is 140 cm³/mol. The van der Waals surface area contributed by atoms with Gasteiger partial charge in [-0.25, -0.2) is 0 Å². The van der Waals surface area contributed by atoms with Crippen molar-refractivity contribution in [3.05, 3.63) is 59.7 Å². The van der Waals surface area contributed by atoms with Crippen LogP contribution in [0, 0.1) is 5.92 Å². The van der Waals surface area contributed by atoms with E-state index in [1.807, 2.05) is 4.90 Å². The second-order valence-electron chi connectivity index (χ2n) is 9.29. The summed E-state index contributed by atoms with van der Waals surface area (Å²) in [6, 6.07) is 16.9. The number of para-hydroxylation sites is 1. The molecule has 6 heteroatoms. The van der Waals surface area contributed by atoms with Crippen molar-refractivity contribution < 1.29 is 9.53 Å². The van der Waals surface area contributed by atoms with Crippen LogP contribution in [0.4, 0.5) is 11.4 Å². The Morgan fingerprint density at radius 3 is 2.34 bits per heavy atom. The quantitative estimate of drug-likeness (QED) is 0.287. The average molecular weight is 547 g/mol. The van der Waals surface area contributed by atoms with Gasteiger partial charge in [0.1, 0.15) is 0 Å². The molecule has 0 N–H and O–H groups in total. The number of amides is 1. The number of hydrogen-bond acceptors (Lipinski definition) is 4. The Bertz CT molecular complexity index is 923. The molecule has 0 radical (unpaired) electrons. The summed E-state index contributed by atoms with van der Waals surface area (Å²) in [7, 11) is 1.73. The minimum absolute atomic E-state index is 0.0434. The lowest BCUT2D eigenvalue weighted by Crippen LogP contribution is -2.46. The van der Waals surface area contributed by atoms with E-state index in [1.165, 1.54) is 11.3 Å². The molecule has 0 aliphatic carbocycles. The zero-order valence-corrected chi connectivity index (χ0v) is 21.5. The third kappa shape index (κ3) is 4.97. The summed E-state index contributed by atoms with van der Waals surface area (Å²) in [6.45, 7) is 9.19. The van der Waals surface area contributed by atoms with Gasteiger partial charge in [-0.05, 0) is 56.0 Å². The highest BCUT2D eigenvalue weighted by Gasteiger charge is 2.33. The van der Waals surface area contributed by atoms with Crippen LogP contribution in [0.1, 0.15) is 31.4 Å². The molecule has 1 amide bonds. The largest absolute Gasteiger partial charge is 0.374 e. The highest BCUT2D eigenvalue weighted by molar-refractivity contribution is 14.1. The standard InChI is InChI=1S/C26H34IN3O2/c1-26(2,32-3)22-8-10-23(11-9-22)30-13-12-21(25(30)31)18-20-6-4-5-7-24(20)29-16-14-28(19-27)15-17-29/h4-11,21H,12-19H2,1-3H3. The fraction of sp³-hybridized carbons (Fsp3) is 0.500. The second-order valence-corrected chi connectivity index (χ2v) is 9.98. The van der Waals surface area contributed by atoms with E-state index in [0.717, 1.165) is 61.4 Å². The van der Waals surface area contributed by atoms with Crippen LogP contribution in [0.25, 0.3) is 0 Å². The number of piperazine rings is 1. The van der Waals surface area contributed by atoms with Gasteiger partial charge in [0.05, 0.1) is 10.2 Å². The topological polar surface area (TPSA) is 36.0 Å². The molecule has 32 heavy (non-hydrogen) atoms. The predicted octanol–water partition coefficient (Wildman–Crippen LogP) is 4.68. The van der Waals surface area contributed by atoms with E-state index in [9.17, 15) is 4.79 Å². The molecule has 0 bridgehead atoms. The molecule has 2 saturated heterocycles. The average Bonchev–Trinajstić information content (AvgIpc) is 3.19. The van der Waals surface area contributed by atoms with Crippen LogP contribution >= 0.6 is 22.6 Å². The second kappa shape index (κ2) is 10.1. The van der Waals surface area contributed by atoms with Crippen molar-refractivity contribution in [2.24, 2.45) is 5.92 Å². The first-order valence-electron chi connectivity index (χ1n) is 11.5. The molecular formula is C26H34IN3O2. The number of carbonyl (C=O) groups excluding carboxylic acids is 1. The summed E-state index contributed by atoms with van der Waals surface area (Å²) < 4.78 is 6.67. The Hall–Kier alpha value is -1.64. The maximum absolute atomic E-state index is 13.3. The number of ether oxygens (including phenoxy) is 1. The number of alkyl halides is 1. The van der Waals surface area contributed by atoms with Crippen LogP contribution in [-0.4, -0.2) is 55.2 Å². The SMILES string of the molecule is COC(C)(C)c1ccc(N2CCC(Cc3ccccc3N3CCN(CI)CC3)C2=O)cc1. The van der Waals surface area contributed by atoms with Crippen molar-refractivity contribution in [3.63, 3.8) is 0 Å². The lowest BCUT2D eigenvalue weighted by atomic mass is 9.96. The van der Waals surface area contributed by atoms with Crippen LogP contribution in [-0.2, 0) is 21.6 Å². The summed E-state index contributed by atoms with van der Waals surface area (Å²) in [5, 5.41) is 0. The zero-order valence-electron chi connectivity index (χ0n) is 19.4. The maximum Gasteiger partial charge on any atom is 0.230 e. The molecular weight excluding hydrogens is 513 g/mol. The van der Waals surface area contributed by atoms with Crippen molar-refractivity contribution in [3.8, 4) is 0 Å². The molecule has 2 heterocycles. The molecule has 0 spiro atoms. The van der Waals surface area contributed by atoms with Gasteiger partial charge in [0.15, 0.2) is 0 Å². The molecule has 2 aliphatic heterocycles. The summed E-state index contributed by atoms with van der Waals surface area (Å²) in [5.74, 6) is 0.287. The molecule has 5 nitrogen and oxygen atoms in total. The van der Waals surface area contributed by atoms with Crippen molar-refractivity contribution >= 4 is 39.9 Å². The van der Waals surface area contributed by atoms with Crippen LogP contribution in [0.3, 0.4) is 0 Å². The van der Waals surface area contributed by atoms with Gasteiger partial charge in [-0.1, -0.05) is 52.9 Å².